The number of rotatable bonds is 5. The van der Waals surface area contributed by atoms with Gasteiger partial charge in [-0.3, -0.25) is 4.79 Å². The Balaban J connectivity index is 1.98. The third kappa shape index (κ3) is 3.58. The lowest BCUT2D eigenvalue weighted by molar-refractivity contribution is -0.148. The van der Waals surface area contributed by atoms with Crippen LogP contribution in [0.3, 0.4) is 0 Å². The molecule has 20 heavy (non-hydrogen) atoms. The van der Waals surface area contributed by atoms with E-state index in [0.717, 1.165) is 16.4 Å². The Kier molecular flexibility index (Phi) is 4.77. The fourth-order valence-electron chi connectivity index (χ4n) is 1.70. The molecule has 1 heterocycles. The second kappa shape index (κ2) is 6.37. The standard InChI is InChI=1S/C14H19NO4S/c1-3-17-13(16)14(2,15)9-20-10-4-5-11-12(8-10)19-7-6-18-11/h4-5,8H,3,6-7,9,15H2,1-2H3. The molecular weight excluding hydrogens is 278 g/mol. The van der Waals surface area contributed by atoms with Gasteiger partial charge in [-0.15, -0.1) is 11.8 Å². The molecule has 110 valence electrons. The third-order valence-electron chi connectivity index (χ3n) is 2.79. The quantitative estimate of drug-likeness (QED) is 0.660. The molecule has 0 saturated carbocycles. The van der Waals surface area contributed by atoms with Crippen LogP contribution in [-0.2, 0) is 9.53 Å². The van der Waals surface area contributed by atoms with Gasteiger partial charge >= 0.3 is 5.97 Å². The van der Waals surface area contributed by atoms with E-state index >= 15 is 0 Å². The highest BCUT2D eigenvalue weighted by Crippen LogP contribution is 2.34. The van der Waals surface area contributed by atoms with Gasteiger partial charge < -0.3 is 19.9 Å². The number of nitrogens with two attached hydrogens (primary N) is 1. The number of hydrogen-bond acceptors (Lipinski definition) is 6. The fraction of sp³-hybridized carbons (Fsp3) is 0.500. The zero-order valence-electron chi connectivity index (χ0n) is 11.7. The highest BCUT2D eigenvalue weighted by Gasteiger charge is 2.30. The van der Waals surface area contributed by atoms with Crippen LogP contribution in [0.5, 0.6) is 11.5 Å². The average molecular weight is 297 g/mol. The van der Waals surface area contributed by atoms with E-state index in [0.29, 0.717) is 25.6 Å². The molecule has 0 spiro atoms. The van der Waals surface area contributed by atoms with Crippen LogP contribution >= 0.6 is 11.8 Å². The van der Waals surface area contributed by atoms with Crippen molar-refractivity contribution < 1.29 is 19.0 Å². The molecule has 1 aromatic carbocycles. The van der Waals surface area contributed by atoms with E-state index in [1.54, 1.807) is 13.8 Å². The summed E-state index contributed by atoms with van der Waals surface area (Å²) in [5.41, 5.74) is 4.97. The summed E-state index contributed by atoms with van der Waals surface area (Å²) in [5.74, 6) is 1.54. The minimum absolute atomic E-state index is 0.334. The Morgan fingerprint density at radius 3 is 2.80 bits per heavy atom. The molecule has 1 unspecified atom stereocenters. The number of hydrogen-bond donors (Lipinski definition) is 1. The van der Waals surface area contributed by atoms with Gasteiger partial charge in [0.1, 0.15) is 18.8 Å². The molecule has 2 rings (SSSR count). The van der Waals surface area contributed by atoms with Crippen LogP contribution in [0.25, 0.3) is 0 Å². The van der Waals surface area contributed by atoms with E-state index in [1.807, 2.05) is 18.2 Å². The van der Waals surface area contributed by atoms with Crippen molar-refractivity contribution in [3.8, 4) is 11.5 Å². The number of thioether (sulfide) groups is 1. The van der Waals surface area contributed by atoms with Crippen LogP contribution in [0.1, 0.15) is 13.8 Å². The van der Waals surface area contributed by atoms with Crippen molar-refractivity contribution >= 4 is 17.7 Å². The predicted molar refractivity (Wildman–Crippen MR) is 77.4 cm³/mol. The molecule has 0 saturated heterocycles. The van der Waals surface area contributed by atoms with Gasteiger partial charge in [-0.25, -0.2) is 0 Å². The molecule has 0 bridgehead atoms. The van der Waals surface area contributed by atoms with E-state index in [1.165, 1.54) is 11.8 Å². The first-order valence-electron chi connectivity index (χ1n) is 6.51. The summed E-state index contributed by atoms with van der Waals surface area (Å²) in [7, 11) is 0. The van der Waals surface area contributed by atoms with Crippen LogP contribution in [0.4, 0.5) is 0 Å². The second-order valence-corrected chi connectivity index (χ2v) is 5.78. The van der Waals surface area contributed by atoms with Crippen molar-refractivity contribution in [3.05, 3.63) is 18.2 Å². The molecular formula is C14H19NO4S. The summed E-state index contributed by atoms with van der Waals surface area (Å²) < 4.78 is 15.9. The lowest BCUT2D eigenvalue weighted by atomic mass is 10.1. The summed E-state index contributed by atoms with van der Waals surface area (Å²) in [4.78, 5) is 12.7. The zero-order valence-corrected chi connectivity index (χ0v) is 12.5. The molecule has 1 aliphatic heterocycles. The van der Waals surface area contributed by atoms with E-state index in [-0.39, 0.29) is 5.97 Å². The zero-order chi connectivity index (χ0) is 14.6. The van der Waals surface area contributed by atoms with Crippen LogP contribution in [0, 0.1) is 0 Å². The Bertz CT molecular complexity index is 490. The molecule has 0 radical (unpaired) electrons. The highest BCUT2D eigenvalue weighted by atomic mass is 32.2. The van der Waals surface area contributed by atoms with Gasteiger partial charge in [0.2, 0.25) is 0 Å². The first kappa shape index (κ1) is 15.0. The molecule has 2 N–H and O–H groups in total. The molecule has 0 aliphatic carbocycles. The van der Waals surface area contributed by atoms with Gasteiger partial charge in [-0.1, -0.05) is 0 Å². The maximum atomic E-state index is 11.7. The number of esters is 1. The second-order valence-electron chi connectivity index (χ2n) is 4.73. The van der Waals surface area contributed by atoms with Crippen LogP contribution in [-0.4, -0.2) is 37.1 Å². The minimum atomic E-state index is -1.01. The maximum absolute atomic E-state index is 11.7. The van der Waals surface area contributed by atoms with Crippen LogP contribution in [0.15, 0.2) is 23.1 Å². The van der Waals surface area contributed by atoms with E-state index in [9.17, 15) is 4.79 Å². The first-order chi connectivity index (χ1) is 9.53. The maximum Gasteiger partial charge on any atom is 0.326 e. The summed E-state index contributed by atoms with van der Waals surface area (Å²) in [5, 5.41) is 0. The van der Waals surface area contributed by atoms with Crippen molar-refractivity contribution in [1.29, 1.82) is 0 Å². The summed E-state index contributed by atoms with van der Waals surface area (Å²) in [6.07, 6.45) is 0. The molecule has 6 heteroatoms. The van der Waals surface area contributed by atoms with Gasteiger partial charge in [0, 0.05) is 10.6 Å². The van der Waals surface area contributed by atoms with E-state index in [2.05, 4.69) is 0 Å². The Hall–Kier alpha value is -1.40. The van der Waals surface area contributed by atoms with Crippen molar-refractivity contribution in [2.75, 3.05) is 25.6 Å². The summed E-state index contributed by atoms with van der Waals surface area (Å²) in [6.45, 7) is 4.90. The number of carbonyl (C=O) groups excluding carboxylic acids is 1. The smallest absolute Gasteiger partial charge is 0.326 e. The lowest BCUT2D eigenvalue weighted by Crippen LogP contribution is -2.48. The monoisotopic (exact) mass is 297 g/mol. The highest BCUT2D eigenvalue weighted by molar-refractivity contribution is 7.99. The van der Waals surface area contributed by atoms with Crippen molar-refractivity contribution in [2.24, 2.45) is 5.73 Å². The average Bonchev–Trinajstić information content (AvgIpc) is 2.45. The number of ether oxygens (including phenoxy) is 3. The summed E-state index contributed by atoms with van der Waals surface area (Å²) in [6, 6.07) is 5.70. The molecule has 0 amide bonds. The van der Waals surface area contributed by atoms with Gasteiger partial charge in [-0.05, 0) is 32.0 Å². The SMILES string of the molecule is CCOC(=O)C(C)(N)CSc1ccc2c(c1)OCCO2. The molecule has 1 atom stereocenters. The van der Waals surface area contributed by atoms with Gasteiger partial charge in [0.25, 0.3) is 0 Å². The number of carbonyl (C=O) groups is 1. The Morgan fingerprint density at radius 1 is 1.40 bits per heavy atom. The Labute approximate surface area is 122 Å². The fourth-order valence-corrected chi connectivity index (χ4v) is 2.64. The summed E-state index contributed by atoms with van der Waals surface area (Å²) >= 11 is 1.49. The van der Waals surface area contributed by atoms with Crippen molar-refractivity contribution in [3.63, 3.8) is 0 Å². The normalized spacial score (nSPS) is 16.4. The minimum Gasteiger partial charge on any atom is -0.486 e. The van der Waals surface area contributed by atoms with E-state index in [4.69, 9.17) is 19.9 Å². The van der Waals surface area contributed by atoms with Gasteiger partial charge in [0.15, 0.2) is 11.5 Å². The number of benzene rings is 1. The molecule has 5 nitrogen and oxygen atoms in total. The van der Waals surface area contributed by atoms with E-state index < -0.39 is 5.54 Å². The third-order valence-corrected chi connectivity index (χ3v) is 4.13. The number of fused-ring (bicyclic) bond motifs is 1. The van der Waals surface area contributed by atoms with Crippen molar-refractivity contribution in [1.82, 2.24) is 0 Å². The predicted octanol–water partition coefficient (Wildman–Crippen LogP) is 1.83. The molecule has 0 fully saturated rings. The van der Waals surface area contributed by atoms with Gasteiger partial charge in [-0.2, -0.15) is 0 Å². The molecule has 0 aromatic heterocycles. The molecule has 1 aromatic rings. The van der Waals surface area contributed by atoms with Crippen molar-refractivity contribution in [2.45, 2.75) is 24.3 Å². The first-order valence-corrected chi connectivity index (χ1v) is 7.50. The van der Waals surface area contributed by atoms with Crippen LogP contribution < -0.4 is 15.2 Å². The lowest BCUT2D eigenvalue weighted by Gasteiger charge is -2.22. The largest absolute Gasteiger partial charge is 0.486 e. The Morgan fingerprint density at radius 2 is 2.10 bits per heavy atom. The topological polar surface area (TPSA) is 70.8 Å². The van der Waals surface area contributed by atoms with Crippen LogP contribution in [0.2, 0.25) is 0 Å². The molecule has 1 aliphatic rings. The van der Waals surface area contributed by atoms with Gasteiger partial charge in [0.05, 0.1) is 6.61 Å².